The first-order valence-electron chi connectivity index (χ1n) is 6.53. The number of hydrogen-bond donors (Lipinski definition) is 1. The standard InChI is InChI=1S/C13H19N3O3/c1-9-7-8-14-13(12(9)16(18)19)15(2)10-5-3-4-6-11(10)17/h7-8,10-11,17H,3-6H2,1-2H3. The normalized spacial score (nSPS) is 23.1. The van der Waals surface area contributed by atoms with Crippen LogP contribution in [0.25, 0.3) is 0 Å². The fourth-order valence-corrected chi connectivity index (χ4v) is 2.72. The second-order valence-corrected chi connectivity index (χ2v) is 5.09. The molecule has 1 aliphatic rings. The molecule has 0 aromatic carbocycles. The number of likely N-dealkylation sites (N-methyl/N-ethyl adjacent to an activating group) is 1. The van der Waals surface area contributed by atoms with Gasteiger partial charge in [-0.05, 0) is 25.8 Å². The van der Waals surface area contributed by atoms with Crippen LogP contribution in [0.4, 0.5) is 11.5 Å². The van der Waals surface area contributed by atoms with E-state index in [1.165, 1.54) is 0 Å². The Balaban J connectivity index is 2.35. The molecule has 1 heterocycles. The molecule has 2 rings (SSSR count). The third-order valence-electron chi connectivity index (χ3n) is 3.81. The van der Waals surface area contributed by atoms with Crippen LogP contribution in [0.3, 0.4) is 0 Å². The van der Waals surface area contributed by atoms with Crippen molar-refractivity contribution < 1.29 is 10.0 Å². The smallest absolute Gasteiger partial charge is 0.314 e. The number of aromatic nitrogens is 1. The Morgan fingerprint density at radius 3 is 2.79 bits per heavy atom. The topological polar surface area (TPSA) is 79.5 Å². The number of aliphatic hydroxyl groups is 1. The van der Waals surface area contributed by atoms with Crippen LogP contribution >= 0.6 is 0 Å². The predicted molar refractivity (Wildman–Crippen MR) is 72.3 cm³/mol. The van der Waals surface area contributed by atoms with Crippen molar-refractivity contribution in [2.45, 2.75) is 44.8 Å². The monoisotopic (exact) mass is 265 g/mol. The van der Waals surface area contributed by atoms with Gasteiger partial charge in [0.15, 0.2) is 0 Å². The molecule has 2 unspecified atom stereocenters. The molecule has 1 fully saturated rings. The summed E-state index contributed by atoms with van der Waals surface area (Å²) >= 11 is 0. The number of aryl methyl sites for hydroxylation is 1. The molecule has 0 bridgehead atoms. The molecule has 1 aromatic heterocycles. The van der Waals surface area contributed by atoms with Crippen molar-refractivity contribution in [2.24, 2.45) is 0 Å². The summed E-state index contributed by atoms with van der Waals surface area (Å²) in [6, 6.07) is 1.54. The van der Waals surface area contributed by atoms with Crippen LogP contribution in [0, 0.1) is 17.0 Å². The Bertz CT molecular complexity index is 478. The zero-order valence-electron chi connectivity index (χ0n) is 11.2. The number of aliphatic hydroxyl groups excluding tert-OH is 1. The van der Waals surface area contributed by atoms with Crippen molar-refractivity contribution in [1.82, 2.24) is 4.98 Å². The quantitative estimate of drug-likeness (QED) is 0.668. The molecular formula is C13H19N3O3. The Hall–Kier alpha value is -1.69. The van der Waals surface area contributed by atoms with Gasteiger partial charge in [-0.25, -0.2) is 4.98 Å². The number of nitro groups is 1. The molecule has 1 saturated carbocycles. The molecule has 2 atom stereocenters. The van der Waals surface area contributed by atoms with Crippen LogP contribution in [0.2, 0.25) is 0 Å². The van der Waals surface area contributed by atoms with E-state index in [1.54, 1.807) is 31.1 Å². The van der Waals surface area contributed by atoms with Crippen molar-refractivity contribution in [3.8, 4) is 0 Å². The Kier molecular flexibility index (Phi) is 3.99. The highest BCUT2D eigenvalue weighted by atomic mass is 16.6. The summed E-state index contributed by atoms with van der Waals surface area (Å²) < 4.78 is 0. The maximum absolute atomic E-state index is 11.2. The second-order valence-electron chi connectivity index (χ2n) is 5.09. The zero-order chi connectivity index (χ0) is 14.0. The molecule has 0 amide bonds. The van der Waals surface area contributed by atoms with Gasteiger partial charge in [-0.15, -0.1) is 0 Å². The fourth-order valence-electron chi connectivity index (χ4n) is 2.72. The van der Waals surface area contributed by atoms with Crippen molar-refractivity contribution in [2.75, 3.05) is 11.9 Å². The molecule has 6 heteroatoms. The number of rotatable bonds is 3. The van der Waals surface area contributed by atoms with E-state index in [1.807, 2.05) is 0 Å². The molecule has 0 aliphatic heterocycles. The molecule has 1 N–H and O–H groups in total. The van der Waals surface area contributed by atoms with Crippen LogP contribution in [0.15, 0.2) is 12.3 Å². The summed E-state index contributed by atoms with van der Waals surface area (Å²) in [7, 11) is 1.77. The lowest BCUT2D eigenvalue weighted by Gasteiger charge is -2.35. The molecule has 19 heavy (non-hydrogen) atoms. The largest absolute Gasteiger partial charge is 0.391 e. The van der Waals surface area contributed by atoms with Crippen LogP contribution in [0.1, 0.15) is 31.2 Å². The first-order valence-corrected chi connectivity index (χ1v) is 6.53. The van der Waals surface area contributed by atoms with Gasteiger partial charge in [0.25, 0.3) is 0 Å². The average Bonchev–Trinajstić information content (AvgIpc) is 2.37. The van der Waals surface area contributed by atoms with Crippen LogP contribution < -0.4 is 4.90 Å². The number of hydrogen-bond acceptors (Lipinski definition) is 5. The number of nitrogens with zero attached hydrogens (tertiary/aromatic N) is 3. The number of anilines is 1. The third kappa shape index (κ3) is 2.68. The first kappa shape index (κ1) is 13.7. The Morgan fingerprint density at radius 2 is 2.16 bits per heavy atom. The first-order chi connectivity index (χ1) is 9.02. The minimum atomic E-state index is -0.444. The molecule has 6 nitrogen and oxygen atoms in total. The summed E-state index contributed by atoms with van der Waals surface area (Å²) in [5, 5.41) is 21.2. The molecule has 1 aromatic rings. The Labute approximate surface area is 112 Å². The lowest BCUT2D eigenvalue weighted by atomic mass is 9.91. The van der Waals surface area contributed by atoms with Gasteiger partial charge in [0.2, 0.25) is 5.82 Å². The summed E-state index contributed by atoms with van der Waals surface area (Å²) in [5.41, 5.74) is 0.620. The van der Waals surface area contributed by atoms with Gasteiger partial charge in [-0.2, -0.15) is 0 Å². The molecule has 0 saturated heterocycles. The van der Waals surface area contributed by atoms with Gasteiger partial charge >= 0.3 is 5.69 Å². The van der Waals surface area contributed by atoms with Crippen molar-refractivity contribution in [3.05, 3.63) is 27.9 Å². The van der Waals surface area contributed by atoms with Crippen LogP contribution in [-0.2, 0) is 0 Å². The SMILES string of the molecule is Cc1ccnc(N(C)C2CCCCC2O)c1[N+](=O)[O-]. The van der Waals surface area contributed by atoms with Crippen LogP contribution in [0.5, 0.6) is 0 Å². The van der Waals surface area contributed by atoms with E-state index in [9.17, 15) is 15.2 Å². The van der Waals surface area contributed by atoms with E-state index in [4.69, 9.17) is 0 Å². The highest BCUT2D eigenvalue weighted by molar-refractivity contribution is 5.61. The average molecular weight is 265 g/mol. The minimum absolute atomic E-state index is 0.0303. The van der Waals surface area contributed by atoms with E-state index in [-0.39, 0.29) is 11.7 Å². The van der Waals surface area contributed by atoms with Crippen molar-refractivity contribution in [1.29, 1.82) is 0 Å². The van der Waals surface area contributed by atoms with Gasteiger partial charge in [-0.3, -0.25) is 10.1 Å². The van der Waals surface area contributed by atoms with Crippen molar-refractivity contribution in [3.63, 3.8) is 0 Å². The summed E-state index contributed by atoms with van der Waals surface area (Å²) in [6.07, 6.45) is 4.75. The molecule has 104 valence electrons. The van der Waals surface area contributed by atoms with Crippen molar-refractivity contribution >= 4 is 11.5 Å². The van der Waals surface area contributed by atoms with E-state index in [0.717, 1.165) is 25.7 Å². The fraction of sp³-hybridized carbons (Fsp3) is 0.615. The van der Waals surface area contributed by atoms with Gasteiger partial charge in [0, 0.05) is 18.8 Å². The Morgan fingerprint density at radius 1 is 1.47 bits per heavy atom. The predicted octanol–water partition coefficient (Wildman–Crippen LogP) is 2.04. The summed E-state index contributed by atoms with van der Waals surface area (Å²) in [4.78, 5) is 16.7. The zero-order valence-corrected chi connectivity index (χ0v) is 11.2. The molecule has 0 spiro atoms. The summed E-state index contributed by atoms with van der Waals surface area (Å²) in [5.74, 6) is 0.343. The molecule has 0 radical (unpaired) electrons. The minimum Gasteiger partial charge on any atom is -0.391 e. The van der Waals surface area contributed by atoms with E-state index < -0.39 is 11.0 Å². The number of pyridine rings is 1. The second kappa shape index (κ2) is 5.52. The highest BCUT2D eigenvalue weighted by Gasteiger charge is 2.31. The molecule has 1 aliphatic carbocycles. The summed E-state index contributed by atoms with van der Waals surface area (Å²) in [6.45, 7) is 1.70. The van der Waals surface area contributed by atoms with Crippen LogP contribution in [-0.4, -0.2) is 34.2 Å². The molecular weight excluding hydrogens is 246 g/mol. The van der Waals surface area contributed by atoms with E-state index in [0.29, 0.717) is 11.4 Å². The lowest BCUT2D eigenvalue weighted by Crippen LogP contribution is -2.44. The highest BCUT2D eigenvalue weighted by Crippen LogP contribution is 2.32. The maximum atomic E-state index is 11.2. The van der Waals surface area contributed by atoms with E-state index >= 15 is 0 Å². The van der Waals surface area contributed by atoms with Gasteiger partial charge in [0.1, 0.15) is 0 Å². The maximum Gasteiger partial charge on any atom is 0.314 e. The van der Waals surface area contributed by atoms with Gasteiger partial charge in [-0.1, -0.05) is 12.8 Å². The van der Waals surface area contributed by atoms with Gasteiger partial charge < -0.3 is 10.0 Å². The van der Waals surface area contributed by atoms with E-state index in [2.05, 4.69) is 4.98 Å². The van der Waals surface area contributed by atoms with Gasteiger partial charge in [0.05, 0.1) is 17.1 Å². The third-order valence-corrected chi connectivity index (χ3v) is 3.81. The lowest BCUT2D eigenvalue weighted by molar-refractivity contribution is -0.384.